The number of nitrogens with zero attached hydrogens (tertiary/aromatic N) is 1. The third-order valence-corrected chi connectivity index (χ3v) is 2.83. The number of nitro benzene ring substituents is 1. The van der Waals surface area contributed by atoms with Crippen molar-refractivity contribution in [2.24, 2.45) is 5.92 Å². The van der Waals surface area contributed by atoms with Crippen molar-refractivity contribution < 1.29 is 19.6 Å². The number of hydrogen-bond donors (Lipinski definition) is 3. The summed E-state index contributed by atoms with van der Waals surface area (Å²) in [5.41, 5.74) is 0.123. The van der Waals surface area contributed by atoms with Crippen LogP contribution in [0, 0.1) is 16.0 Å². The van der Waals surface area contributed by atoms with Crippen molar-refractivity contribution in [1.29, 1.82) is 0 Å². The van der Waals surface area contributed by atoms with E-state index in [1.54, 1.807) is 13.8 Å². The number of aliphatic carboxylic acids is 1. The molecule has 0 aromatic heterocycles. The number of rotatable bonds is 6. The van der Waals surface area contributed by atoms with Gasteiger partial charge in [0.1, 0.15) is 0 Å². The molecule has 0 saturated carbocycles. The minimum Gasteiger partial charge on any atom is -0.481 e. The van der Waals surface area contributed by atoms with Crippen molar-refractivity contribution in [3.8, 4) is 0 Å². The molecule has 0 radical (unpaired) electrons. The van der Waals surface area contributed by atoms with E-state index in [0.717, 1.165) is 0 Å². The van der Waals surface area contributed by atoms with Gasteiger partial charge in [0.25, 0.3) is 5.69 Å². The van der Waals surface area contributed by atoms with Crippen molar-refractivity contribution >= 4 is 23.4 Å². The van der Waals surface area contributed by atoms with Crippen molar-refractivity contribution in [2.75, 3.05) is 5.32 Å². The van der Waals surface area contributed by atoms with E-state index in [1.807, 2.05) is 0 Å². The van der Waals surface area contributed by atoms with E-state index >= 15 is 0 Å². The van der Waals surface area contributed by atoms with E-state index < -0.39 is 23.0 Å². The molecule has 0 aliphatic heterocycles. The minimum absolute atomic E-state index is 0.0584. The lowest BCUT2D eigenvalue weighted by molar-refractivity contribution is -0.384. The molecule has 2 amide bonds. The molecule has 0 spiro atoms. The Bertz CT molecular complexity index is 544. The smallest absolute Gasteiger partial charge is 0.319 e. The van der Waals surface area contributed by atoms with Gasteiger partial charge < -0.3 is 15.7 Å². The topological polar surface area (TPSA) is 122 Å². The fraction of sp³-hybridized carbons (Fsp3) is 0.385. The van der Waals surface area contributed by atoms with Crippen LogP contribution in [0.25, 0.3) is 0 Å². The van der Waals surface area contributed by atoms with E-state index in [-0.39, 0.29) is 23.7 Å². The zero-order chi connectivity index (χ0) is 16.0. The van der Waals surface area contributed by atoms with Crippen LogP contribution in [0.4, 0.5) is 16.2 Å². The summed E-state index contributed by atoms with van der Waals surface area (Å²) in [5.74, 6) is -1.07. The van der Waals surface area contributed by atoms with Gasteiger partial charge in [0, 0.05) is 23.9 Å². The number of nitrogens with one attached hydrogen (secondary N) is 2. The Morgan fingerprint density at radius 3 is 2.57 bits per heavy atom. The molecule has 114 valence electrons. The number of carbonyl (C=O) groups excluding carboxylic acids is 1. The van der Waals surface area contributed by atoms with Gasteiger partial charge in [0.2, 0.25) is 0 Å². The Kier molecular flexibility index (Phi) is 5.65. The van der Waals surface area contributed by atoms with Crippen molar-refractivity contribution in [1.82, 2.24) is 5.32 Å². The highest BCUT2D eigenvalue weighted by Gasteiger charge is 2.19. The monoisotopic (exact) mass is 295 g/mol. The van der Waals surface area contributed by atoms with Crippen LogP contribution in [0.15, 0.2) is 24.3 Å². The fourth-order valence-corrected chi connectivity index (χ4v) is 1.67. The maximum absolute atomic E-state index is 11.8. The Morgan fingerprint density at radius 2 is 2.05 bits per heavy atom. The normalized spacial score (nSPS) is 11.8. The summed E-state index contributed by atoms with van der Waals surface area (Å²) in [6.45, 7) is 3.59. The second kappa shape index (κ2) is 7.22. The zero-order valence-corrected chi connectivity index (χ0v) is 11.7. The molecule has 0 aliphatic carbocycles. The van der Waals surface area contributed by atoms with Gasteiger partial charge in [0.15, 0.2) is 0 Å². The maximum Gasteiger partial charge on any atom is 0.319 e. The summed E-state index contributed by atoms with van der Waals surface area (Å²) in [6, 6.07) is 4.36. The number of benzene rings is 1. The molecular formula is C13H17N3O5. The van der Waals surface area contributed by atoms with E-state index in [9.17, 15) is 19.7 Å². The lowest BCUT2D eigenvalue weighted by Crippen LogP contribution is -2.42. The Labute approximate surface area is 121 Å². The summed E-state index contributed by atoms with van der Waals surface area (Å²) in [6.07, 6.45) is -0.194. The fourth-order valence-electron chi connectivity index (χ4n) is 1.67. The van der Waals surface area contributed by atoms with E-state index in [2.05, 4.69) is 10.6 Å². The highest BCUT2D eigenvalue weighted by Crippen LogP contribution is 2.17. The van der Waals surface area contributed by atoms with Crippen LogP contribution in [0.2, 0.25) is 0 Å². The zero-order valence-electron chi connectivity index (χ0n) is 11.7. The molecule has 1 atom stereocenters. The third-order valence-electron chi connectivity index (χ3n) is 2.83. The molecule has 0 aliphatic rings. The summed E-state index contributed by atoms with van der Waals surface area (Å²) in [7, 11) is 0. The number of amides is 2. The summed E-state index contributed by atoms with van der Waals surface area (Å²) >= 11 is 0. The quantitative estimate of drug-likeness (QED) is 0.548. The molecule has 0 bridgehead atoms. The number of carboxylic acid groups (broad SMARTS) is 1. The molecule has 1 aromatic rings. The lowest BCUT2D eigenvalue weighted by Gasteiger charge is -2.20. The molecule has 0 heterocycles. The van der Waals surface area contributed by atoms with Gasteiger partial charge >= 0.3 is 12.0 Å². The maximum atomic E-state index is 11.8. The minimum atomic E-state index is -1.01. The van der Waals surface area contributed by atoms with Crippen LogP contribution in [0.3, 0.4) is 0 Å². The van der Waals surface area contributed by atoms with Crippen molar-refractivity contribution in [3.05, 3.63) is 34.4 Å². The molecule has 1 unspecified atom stereocenters. The molecule has 1 aromatic carbocycles. The second-order valence-corrected chi connectivity index (χ2v) is 4.85. The Hall–Kier alpha value is -2.64. The molecular weight excluding hydrogens is 278 g/mol. The summed E-state index contributed by atoms with van der Waals surface area (Å²) in [4.78, 5) is 32.6. The summed E-state index contributed by atoms with van der Waals surface area (Å²) in [5, 5.41) is 24.4. The van der Waals surface area contributed by atoms with Crippen LogP contribution in [0.1, 0.15) is 20.3 Å². The average molecular weight is 295 g/mol. The largest absolute Gasteiger partial charge is 0.481 e. The van der Waals surface area contributed by atoms with Gasteiger partial charge in [-0.15, -0.1) is 0 Å². The molecule has 1 rings (SSSR count). The van der Waals surface area contributed by atoms with Crippen molar-refractivity contribution in [2.45, 2.75) is 26.3 Å². The first kappa shape index (κ1) is 16.4. The van der Waals surface area contributed by atoms with E-state index in [1.165, 1.54) is 24.3 Å². The van der Waals surface area contributed by atoms with Gasteiger partial charge in [-0.2, -0.15) is 0 Å². The van der Waals surface area contributed by atoms with Crippen LogP contribution in [-0.2, 0) is 4.79 Å². The number of carbonyl (C=O) groups is 2. The van der Waals surface area contributed by atoms with E-state index in [0.29, 0.717) is 0 Å². The molecule has 8 heteroatoms. The average Bonchev–Trinajstić information content (AvgIpc) is 2.37. The van der Waals surface area contributed by atoms with Crippen LogP contribution in [0.5, 0.6) is 0 Å². The number of hydrogen-bond acceptors (Lipinski definition) is 4. The highest BCUT2D eigenvalue weighted by molar-refractivity contribution is 5.90. The van der Waals surface area contributed by atoms with Crippen LogP contribution in [-0.4, -0.2) is 28.1 Å². The van der Waals surface area contributed by atoms with Gasteiger partial charge in [-0.1, -0.05) is 19.9 Å². The number of urea groups is 1. The SMILES string of the molecule is CC(C)C(CC(=O)O)NC(=O)Nc1cccc([N+](=O)[O-])c1. The molecule has 0 saturated heterocycles. The van der Waals surface area contributed by atoms with Gasteiger partial charge in [-0.25, -0.2) is 4.79 Å². The van der Waals surface area contributed by atoms with E-state index in [4.69, 9.17) is 5.11 Å². The van der Waals surface area contributed by atoms with Gasteiger partial charge in [-0.3, -0.25) is 14.9 Å². The molecule has 3 N–H and O–H groups in total. The first-order chi connectivity index (χ1) is 9.79. The molecule has 21 heavy (non-hydrogen) atoms. The number of anilines is 1. The predicted octanol–water partition coefficient (Wildman–Crippen LogP) is 2.22. The first-order valence-corrected chi connectivity index (χ1v) is 6.33. The number of carboxylic acids is 1. The number of nitro groups is 1. The highest BCUT2D eigenvalue weighted by atomic mass is 16.6. The second-order valence-electron chi connectivity index (χ2n) is 4.85. The lowest BCUT2D eigenvalue weighted by atomic mass is 10.0. The Morgan fingerprint density at radius 1 is 1.38 bits per heavy atom. The van der Waals surface area contributed by atoms with Crippen molar-refractivity contribution in [3.63, 3.8) is 0 Å². The molecule has 0 fully saturated rings. The number of non-ortho nitro benzene ring substituents is 1. The Balaban J connectivity index is 2.69. The predicted molar refractivity (Wildman–Crippen MR) is 76.1 cm³/mol. The first-order valence-electron chi connectivity index (χ1n) is 6.33. The third kappa shape index (κ3) is 5.47. The molecule has 8 nitrogen and oxygen atoms in total. The summed E-state index contributed by atoms with van der Waals surface area (Å²) < 4.78 is 0. The van der Waals surface area contributed by atoms with Crippen LogP contribution < -0.4 is 10.6 Å². The van der Waals surface area contributed by atoms with Crippen LogP contribution >= 0.6 is 0 Å². The standard InChI is InChI=1S/C13H17N3O5/c1-8(2)11(7-12(17)18)15-13(19)14-9-4-3-5-10(6-9)16(20)21/h3-6,8,11H,7H2,1-2H3,(H,17,18)(H2,14,15,19). The van der Waals surface area contributed by atoms with Gasteiger partial charge in [-0.05, 0) is 12.0 Å². The van der Waals surface area contributed by atoms with Gasteiger partial charge in [0.05, 0.1) is 11.3 Å².